The summed E-state index contributed by atoms with van der Waals surface area (Å²) < 4.78 is 0. The van der Waals surface area contributed by atoms with E-state index in [4.69, 9.17) is 0 Å². The molecule has 0 aromatic heterocycles. The summed E-state index contributed by atoms with van der Waals surface area (Å²) in [4.78, 5) is 1.83. The molecule has 0 aromatic carbocycles. The monoisotopic (exact) mass is 130 g/mol. The van der Waals surface area contributed by atoms with Gasteiger partial charge in [0.2, 0.25) is 0 Å². The summed E-state index contributed by atoms with van der Waals surface area (Å²) in [6, 6.07) is 0.368. The van der Waals surface area contributed by atoms with E-state index in [-0.39, 0.29) is 0 Å². The standard InChI is InChI=1S/C7H16NO/c1-5-7(9)8(4)6(2)3/h6-7H,5H2,1-4H3. The van der Waals surface area contributed by atoms with Gasteiger partial charge in [-0.15, -0.1) is 0 Å². The molecule has 0 saturated carbocycles. The fourth-order valence-corrected chi connectivity index (χ4v) is 0.621. The highest BCUT2D eigenvalue weighted by Gasteiger charge is 2.12. The Kier molecular flexibility index (Phi) is 3.82. The van der Waals surface area contributed by atoms with Crippen molar-refractivity contribution in [3.63, 3.8) is 0 Å². The predicted molar refractivity (Wildman–Crippen MR) is 37.7 cm³/mol. The Morgan fingerprint density at radius 1 is 1.44 bits per heavy atom. The second-order valence-electron chi connectivity index (χ2n) is 2.62. The molecular formula is C7H16NO. The fourth-order valence-electron chi connectivity index (χ4n) is 0.621. The van der Waals surface area contributed by atoms with E-state index in [1.165, 1.54) is 0 Å². The molecule has 0 aliphatic rings. The van der Waals surface area contributed by atoms with Gasteiger partial charge in [-0.1, -0.05) is 6.92 Å². The third kappa shape index (κ3) is 2.82. The molecule has 0 spiro atoms. The minimum absolute atomic E-state index is 0.368. The first-order chi connectivity index (χ1) is 4.09. The Bertz CT molecular complexity index is 73.3. The molecule has 0 aliphatic carbocycles. The van der Waals surface area contributed by atoms with Crippen LogP contribution in [0.4, 0.5) is 0 Å². The van der Waals surface area contributed by atoms with E-state index in [0.29, 0.717) is 12.5 Å². The van der Waals surface area contributed by atoms with Gasteiger partial charge < -0.3 is 0 Å². The van der Waals surface area contributed by atoms with Gasteiger partial charge in [0.25, 0.3) is 0 Å². The Balaban J connectivity index is 3.58. The van der Waals surface area contributed by atoms with Crippen molar-refractivity contribution in [3.8, 4) is 0 Å². The molecule has 0 rings (SSSR count). The number of hydrogen-bond donors (Lipinski definition) is 0. The van der Waals surface area contributed by atoms with Crippen LogP contribution < -0.4 is 0 Å². The lowest BCUT2D eigenvalue weighted by atomic mass is 10.3. The summed E-state index contributed by atoms with van der Waals surface area (Å²) in [5, 5.41) is 11.0. The zero-order valence-electron chi connectivity index (χ0n) is 6.72. The fraction of sp³-hybridized carbons (Fsp3) is 1.00. The van der Waals surface area contributed by atoms with Crippen molar-refractivity contribution in [1.29, 1.82) is 0 Å². The maximum atomic E-state index is 11.0. The van der Waals surface area contributed by atoms with Gasteiger partial charge in [0.05, 0.1) is 0 Å². The van der Waals surface area contributed by atoms with Crippen molar-refractivity contribution >= 4 is 0 Å². The molecule has 0 N–H and O–H groups in total. The molecule has 0 saturated heterocycles. The minimum Gasteiger partial charge on any atom is -0.276 e. The lowest BCUT2D eigenvalue weighted by Gasteiger charge is -2.24. The molecule has 2 nitrogen and oxygen atoms in total. The minimum atomic E-state index is -0.523. The molecule has 0 aromatic rings. The SMILES string of the molecule is CCC([O])N(C)C(C)C. The van der Waals surface area contributed by atoms with Crippen LogP contribution in [0, 0.1) is 0 Å². The molecule has 0 amide bonds. The average molecular weight is 130 g/mol. The summed E-state index contributed by atoms with van der Waals surface area (Å²) in [6.45, 7) is 5.97. The molecule has 1 radical (unpaired) electrons. The van der Waals surface area contributed by atoms with Crippen LogP contribution in [0.25, 0.3) is 0 Å². The molecule has 0 heterocycles. The topological polar surface area (TPSA) is 23.1 Å². The molecule has 2 heteroatoms. The van der Waals surface area contributed by atoms with Gasteiger partial charge in [0.1, 0.15) is 6.23 Å². The van der Waals surface area contributed by atoms with E-state index in [2.05, 4.69) is 0 Å². The second kappa shape index (κ2) is 3.85. The molecule has 9 heavy (non-hydrogen) atoms. The summed E-state index contributed by atoms with van der Waals surface area (Å²) in [6.07, 6.45) is 0.166. The number of hydrogen-bond acceptors (Lipinski definition) is 1. The van der Waals surface area contributed by atoms with Crippen molar-refractivity contribution in [1.82, 2.24) is 4.90 Å². The first-order valence-electron chi connectivity index (χ1n) is 3.47. The number of nitrogens with zero attached hydrogens (tertiary/aromatic N) is 1. The van der Waals surface area contributed by atoms with E-state index in [1.807, 2.05) is 32.7 Å². The Morgan fingerprint density at radius 2 is 1.89 bits per heavy atom. The van der Waals surface area contributed by atoms with E-state index in [9.17, 15) is 5.11 Å². The van der Waals surface area contributed by atoms with E-state index >= 15 is 0 Å². The Morgan fingerprint density at radius 3 is 2.00 bits per heavy atom. The second-order valence-corrected chi connectivity index (χ2v) is 2.62. The lowest BCUT2D eigenvalue weighted by molar-refractivity contribution is -0.0509. The molecule has 1 atom stereocenters. The molecule has 0 fully saturated rings. The Hall–Kier alpha value is -0.0800. The van der Waals surface area contributed by atoms with E-state index in [0.717, 1.165) is 0 Å². The van der Waals surface area contributed by atoms with Gasteiger partial charge >= 0.3 is 0 Å². The summed E-state index contributed by atoms with van der Waals surface area (Å²) in [5.74, 6) is 0. The quantitative estimate of drug-likeness (QED) is 0.531. The molecule has 0 aliphatic heterocycles. The van der Waals surface area contributed by atoms with Crippen molar-refractivity contribution in [2.75, 3.05) is 7.05 Å². The van der Waals surface area contributed by atoms with Crippen molar-refractivity contribution in [2.45, 2.75) is 39.5 Å². The molecular weight excluding hydrogens is 114 g/mol. The normalized spacial score (nSPS) is 15.0. The van der Waals surface area contributed by atoms with Gasteiger partial charge in [-0.2, -0.15) is 0 Å². The van der Waals surface area contributed by atoms with Crippen LogP contribution >= 0.6 is 0 Å². The van der Waals surface area contributed by atoms with Gasteiger partial charge in [0, 0.05) is 6.04 Å². The van der Waals surface area contributed by atoms with Crippen LogP contribution in [0.15, 0.2) is 0 Å². The molecule has 0 bridgehead atoms. The maximum Gasteiger partial charge on any atom is 0.146 e. The van der Waals surface area contributed by atoms with E-state index in [1.54, 1.807) is 0 Å². The third-order valence-corrected chi connectivity index (χ3v) is 1.62. The highest BCUT2D eigenvalue weighted by atomic mass is 16.3. The third-order valence-electron chi connectivity index (χ3n) is 1.62. The summed E-state index contributed by atoms with van der Waals surface area (Å²) in [5.41, 5.74) is 0. The highest BCUT2D eigenvalue weighted by molar-refractivity contribution is 4.58. The maximum absolute atomic E-state index is 11.0. The largest absolute Gasteiger partial charge is 0.276 e. The smallest absolute Gasteiger partial charge is 0.146 e. The van der Waals surface area contributed by atoms with Crippen LogP contribution in [0.2, 0.25) is 0 Å². The predicted octanol–water partition coefficient (Wildman–Crippen LogP) is 1.49. The number of rotatable bonds is 3. The van der Waals surface area contributed by atoms with Crippen molar-refractivity contribution in [2.24, 2.45) is 0 Å². The van der Waals surface area contributed by atoms with E-state index < -0.39 is 6.23 Å². The van der Waals surface area contributed by atoms with Gasteiger partial charge in [-0.3, -0.25) is 4.90 Å². The zero-order chi connectivity index (χ0) is 7.44. The van der Waals surface area contributed by atoms with Crippen LogP contribution in [0.3, 0.4) is 0 Å². The average Bonchev–Trinajstić information content (AvgIpc) is 1.84. The van der Waals surface area contributed by atoms with Crippen molar-refractivity contribution in [3.05, 3.63) is 0 Å². The zero-order valence-corrected chi connectivity index (χ0v) is 6.72. The van der Waals surface area contributed by atoms with Crippen LogP contribution in [-0.4, -0.2) is 24.2 Å². The molecule has 55 valence electrons. The lowest BCUT2D eigenvalue weighted by Crippen LogP contribution is -2.35. The molecule has 1 unspecified atom stereocenters. The first kappa shape index (κ1) is 8.92. The van der Waals surface area contributed by atoms with Crippen LogP contribution in [0.1, 0.15) is 27.2 Å². The van der Waals surface area contributed by atoms with Crippen molar-refractivity contribution < 1.29 is 5.11 Å². The summed E-state index contributed by atoms with van der Waals surface area (Å²) >= 11 is 0. The highest BCUT2D eigenvalue weighted by Crippen LogP contribution is 2.02. The first-order valence-corrected chi connectivity index (χ1v) is 3.47. The Labute approximate surface area is 57.5 Å². The van der Waals surface area contributed by atoms with Crippen LogP contribution in [0.5, 0.6) is 0 Å². The van der Waals surface area contributed by atoms with Gasteiger partial charge in [0.15, 0.2) is 0 Å². The van der Waals surface area contributed by atoms with Gasteiger partial charge in [-0.25, -0.2) is 5.11 Å². The van der Waals surface area contributed by atoms with Gasteiger partial charge in [-0.05, 0) is 27.3 Å². The summed E-state index contributed by atoms with van der Waals surface area (Å²) in [7, 11) is 1.87. The van der Waals surface area contributed by atoms with Crippen LogP contribution in [-0.2, 0) is 5.11 Å².